The highest BCUT2D eigenvalue weighted by Crippen LogP contribution is 2.27. The maximum absolute atomic E-state index is 5.86. The lowest BCUT2D eigenvalue weighted by molar-refractivity contribution is 0.360. The summed E-state index contributed by atoms with van der Waals surface area (Å²) >= 11 is 2.47. The van der Waals surface area contributed by atoms with Crippen LogP contribution in [0.4, 0.5) is 0 Å². The van der Waals surface area contributed by atoms with Gasteiger partial charge in [0.15, 0.2) is 0 Å². The molecule has 0 aromatic heterocycles. The predicted octanol–water partition coefficient (Wildman–Crippen LogP) is 1.94. The van der Waals surface area contributed by atoms with Gasteiger partial charge in [-0.05, 0) is 25.2 Å². The van der Waals surface area contributed by atoms with Gasteiger partial charge in [0.2, 0.25) is 0 Å². The minimum absolute atomic E-state index is 0.467. The van der Waals surface area contributed by atoms with Gasteiger partial charge < -0.3 is 5.73 Å². The zero-order chi connectivity index (χ0) is 6.85. The summed E-state index contributed by atoms with van der Waals surface area (Å²) in [6.45, 7) is 2.29. The largest absolute Gasteiger partial charge is 0.327 e. The molecule has 2 heteroatoms. The Labute approximate surface area is 70.5 Å². The normalized spacial score (nSPS) is 45.0. The Morgan fingerprint density at radius 1 is 1.44 bits per heavy atom. The first-order valence-electron chi connectivity index (χ1n) is 3.60. The number of halogens is 1. The SMILES string of the molecule is CC1CCC(I)C(N)C1. The molecule has 2 N–H and O–H groups in total. The van der Waals surface area contributed by atoms with Gasteiger partial charge in [-0.25, -0.2) is 0 Å². The molecule has 9 heavy (non-hydrogen) atoms. The number of hydrogen-bond donors (Lipinski definition) is 1. The van der Waals surface area contributed by atoms with Crippen LogP contribution in [0.5, 0.6) is 0 Å². The van der Waals surface area contributed by atoms with Crippen LogP contribution in [0.1, 0.15) is 26.2 Å². The minimum atomic E-state index is 0.467. The van der Waals surface area contributed by atoms with Crippen LogP contribution in [0.25, 0.3) is 0 Å². The monoisotopic (exact) mass is 239 g/mol. The van der Waals surface area contributed by atoms with E-state index in [1.807, 2.05) is 0 Å². The van der Waals surface area contributed by atoms with Crippen LogP contribution in [0, 0.1) is 5.92 Å². The van der Waals surface area contributed by atoms with Crippen molar-refractivity contribution in [1.29, 1.82) is 0 Å². The second-order valence-electron chi connectivity index (χ2n) is 3.10. The number of hydrogen-bond acceptors (Lipinski definition) is 1. The van der Waals surface area contributed by atoms with E-state index in [4.69, 9.17) is 5.73 Å². The molecule has 0 radical (unpaired) electrons. The number of nitrogens with two attached hydrogens (primary N) is 1. The van der Waals surface area contributed by atoms with Crippen molar-refractivity contribution in [2.45, 2.75) is 36.2 Å². The van der Waals surface area contributed by atoms with Gasteiger partial charge in [-0.1, -0.05) is 29.5 Å². The Morgan fingerprint density at radius 2 is 2.11 bits per heavy atom. The van der Waals surface area contributed by atoms with Crippen molar-refractivity contribution in [3.05, 3.63) is 0 Å². The molecule has 0 amide bonds. The van der Waals surface area contributed by atoms with Gasteiger partial charge in [-0.15, -0.1) is 0 Å². The maximum atomic E-state index is 5.86. The average molecular weight is 239 g/mol. The van der Waals surface area contributed by atoms with Crippen molar-refractivity contribution in [3.8, 4) is 0 Å². The van der Waals surface area contributed by atoms with Crippen LogP contribution in [-0.4, -0.2) is 9.97 Å². The van der Waals surface area contributed by atoms with Crippen molar-refractivity contribution in [2.75, 3.05) is 0 Å². The summed E-state index contributed by atoms with van der Waals surface area (Å²) in [4.78, 5) is 0. The van der Waals surface area contributed by atoms with Crippen LogP contribution < -0.4 is 5.73 Å². The molecule has 0 heterocycles. The average Bonchev–Trinajstić information content (AvgIpc) is 1.80. The number of rotatable bonds is 0. The third-order valence-corrected chi connectivity index (χ3v) is 3.62. The fourth-order valence-corrected chi connectivity index (χ4v) is 2.04. The third-order valence-electron chi connectivity index (χ3n) is 2.07. The zero-order valence-corrected chi connectivity index (χ0v) is 7.97. The van der Waals surface area contributed by atoms with E-state index in [-0.39, 0.29) is 0 Å². The second kappa shape index (κ2) is 3.19. The van der Waals surface area contributed by atoms with Crippen LogP contribution in [0.3, 0.4) is 0 Å². The Hall–Kier alpha value is 0.690. The highest BCUT2D eigenvalue weighted by molar-refractivity contribution is 14.1. The summed E-state index contributed by atoms with van der Waals surface area (Å²) in [5.41, 5.74) is 5.86. The van der Waals surface area contributed by atoms with E-state index in [1.54, 1.807) is 0 Å². The van der Waals surface area contributed by atoms with Gasteiger partial charge in [0.05, 0.1) is 0 Å². The fraction of sp³-hybridized carbons (Fsp3) is 1.00. The molecule has 1 aliphatic rings. The second-order valence-corrected chi connectivity index (χ2v) is 4.70. The van der Waals surface area contributed by atoms with E-state index in [9.17, 15) is 0 Å². The molecule has 1 saturated carbocycles. The third kappa shape index (κ3) is 2.08. The summed E-state index contributed by atoms with van der Waals surface area (Å²) < 4.78 is 0.735. The van der Waals surface area contributed by atoms with Gasteiger partial charge >= 0.3 is 0 Å². The number of alkyl halides is 1. The van der Waals surface area contributed by atoms with Gasteiger partial charge in [0.1, 0.15) is 0 Å². The van der Waals surface area contributed by atoms with E-state index < -0.39 is 0 Å². The summed E-state index contributed by atoms with van der Waals surface area (Å²) in [6, 6.07) is 0.467. The highest BCUT2D eigenvalue weighted by atomic mass is 127. The van der Waals surface area contributed by atoms with Gasteiger partial charge in [-0.3, -0.25) is 0 Å². The minimum Gasteiger partial charge on any atom is -0.327 e. The lowest BCUT2D eigenvalue weighted by atomic mass is 9.88. The highest BCUT2D eigenvalue weighted by Gasteiger charge is 2.22. The van der Waals surface area contributed by atoms with Crippen molar-refractivity contribution in [2.24, 2.45) is 11.7 Å². The summed E-state index contributed by atoms with van der Waals surface area (Å²) in [5, 5.41) is 0. The quantitative estimate of drug-likeness (QED) is 0.507. The first-order valence-corrected chi connectivity index (χ1v) is 4.84. The van der Waals surface area contributed by atoms with Crippen molar-refractivity contribution < 1.29 is 0 Å². The van der Waals surface area contributed by atoms with Crippen LogP contribution >= 0.6 is 22.6 Å². The molecule has 1 fully saturated rings. The van der Waals surface area contributed by atoms with Crippen LogP contribution in [0.2, 0.25) is 0 Å². The Morgan fingerprint density at radius 3 is 2.56 bits per heavy atom. The molecule has 1 aliphatic carbocycles. The molecule has 1 nitrogen and oxygen atoms in total. The fourth-order valence-electron chi connectivity index (χ4n) is 1.39. The first kappa shape index (κ1) is 7.79. The molecule has 3 atom stereocenters. The Balaban J connectivity index is 2.35. The molecule has 0 bridgehead atoms. The van der Waals surface area contributed by atoms with E-state index in [1.165, 1.54) is 19.3 Å². The van der Waals surface area contributed by atoms with E-state index in [0.717, 1.165) is 9.84 Å². The van der Waals surface area contributed by atoms with Gasteiger partial charge in [-0.2, -0.15) is 0 Å². The van der Waals surface area contributed by atoms with Crippen molar-refractivity contribution >= 4 is 22.6 Å². The lowest BCUT2D eigenvalue weighted by Gasteiger charge is -2.28. The van der Waals surface area contributed by atoms with E-state index in [0.29, 0.717) is 6.04 Å². The summed E-state index contributed by atoms with van der Waals surface area (Å²) in [7, 11) is 0. The van der Waals surface area contributed by atoms with Gasteiger partial charge in [0.25, 0.3) is 0 Å². The van der Waals surface area contributed by atoms with Crippen LogP contribution in [0.15, 0.2) is 0 Å². The Bertz CT molecular complexity index is 94.9. The van der Waals surface area contributed by atoms with E-state index in [2.05, 4.69) is 29.5 Å². The lowest BCUT2D eigenvalue weighted by Crippen LogP contribution is -2.36. The molecule has 54 valence electrons. The molecule has 0 aromatic carbocycles. The van der Waals surface area contributed by atoms with Gasteiger partial charge in [0, 0.05) is 9.97 Å². The standard InChI is InChI=1S/C7H14IN/c1-5-2-3-6(8)7(9)4-5/h5-7H,2-4,9H2,1H3. The molecule has 0 spiro atoms. The molecule has 0 aromatic rings. The molecule has 0 aliphatic heterocycles. The summed E-state index contributed by atoms with van der Waals surface area (Å²) in [5.74, 6) is 0.867. The molecular formula is C7H14IN. The molecule has 1 rings (SSSR count). The molecule has 3 unspecified atom stereocenters. The zero-order valence-electron chi connectivity index (χ0n) is 5.81. The predicted molar refractivity (Wildman–Crippen MR) is 48.8 cm³/mol. The smallest absolute Gasteiger partial charge is 0.0261 e. The first-order chi connectivity index (χ1) is 4.20. The molecule has 0 saturated heterocycles. The van der Waals surface area contributed by atoms with Crippen LogP contribution in [-0.2, 0) is 0 Å². The van der Waals surface area contributed by atoms with Crippen molar-refractivity contribution in [3.63, 3.8) is 0 Å². The maximum Gasteiger partial charge on any atom is 0.0261 e. The summed E-state index contributed by atoms with van der Waals surface area (Å²) in [6.07, 6.45) is 3.93. The van der Waals surface area contributed by atoms with E-state index >= 15 is 0 Å². The topological polar surface area (TPSA) is 26.0 Å². The van der Waals surface area contributed by atoms with Crippen molar-refractivity contribution in [1.82, 2.24) is 0 Å². The Kier molecular flexibility index (Phi) is 2.76. The molecular weight excluding hydrogens is 225 g/mol.